The van der Waals surface area contributed by atoms with Gasteiger partial charge in [-0.05, 0) is 18.6 Å². The lowest BCUT2D eigenvalue weighted by Crippen LogP contribution is -2.20. The first-order valence-corrected chi connectivity index (χ1v) is 4.47. The fraction of sp³-hybridized carbons (Fsp3) is 0.300. The lowest BCUT2D eigenvalue weighted by molar-refractivity contribution is 0.0687. The molecule has 76 valence electrons. The predicted octanol–water partition coefficient (Wildman–Crippen LogP) is 1.68. The minimum Gasteiger partial charge on any atom is -0.478 e. The quantitative estimate of drug-likeness (QED) is 0.554. The molecule has 14 heavy (non-hydrogen) atoms. The molecule has 4 heteroatoms. The van der Waals surface area contributed by atoms with Crippen LogP contribution in [0.1, 0.15) is 23.7 Å². The van der Waals surface area contributed by atoms with Gasteiger partial charge >= 0.3 is 5.97 Å². The molecule has 0 aromatic heterocycles. The molecule has 0 bridgehead atoms. The van der Waals surface area contributed by atoms with Gasteiger partial charge in [0.2, 0.25) is 0 Å². The van der Waals surface area contributed by atoms with Crippen LogP contribution < -0.4 is 10.3 Å². The summed E-state index contributed by atoms with van der Waals surface area (Å²) >= 11 is 0. The number of hydrogen-bond donors (Lipinski definition) is 2. The number of hydroxylamine groups is 1. The molecule has 4 nitrogen and oxygen atoms in total. The summed E-state index contributed by atoms with van der Waals surface area (Å²) in [5.41, 5.74) is 2.85. The van der Waals surface area contributed by atoms with E-state index in [1.807, 2.05) is 6.92 Å². The van der Waals surface area contributed by atoms with E-state index < -0.39 is 5.97 Å². The summed E-state index contributed by atoms with van der Waals surface area (Å²) in [6.45, 7) is 2.69. The molecule has 0 fully saturated rings. The normalized spacial score (nSPS) is 9.79. The molecule has 0 aliphatic rings. The molecule has 0 saturated carbocycles. The smallest absolute Gasteiger partial charge is 0.339 e. The number of rotatable bonds is 5. The number of nitrogens with one attached hydrogen (secondary N) is 1. The third kappa shape index (κ3) is 2.74. The van der Waals surface area contributed by atoms with Crippen LogP contribution in [0.3, 0.4) is 0 Å². The molecular formula is C10H13NO3. The van der Waals surface area contributed by atoms with Gasteiger partial charge in [-0.25, -0.2) is 4.79 Å². The van der Waals surface area contributed by atoms with Crippen LogP contribution in [-0.2, 0) is 0 Å². The number of aromatic carboxylic acids is 1. The molecule has 0 aliphatic carbocycles. The highest BCUT2D eigenvalue weighted by atomic mass is 16.6. The van der Waals surface area contributed by atoms with E-state index in [0.717, 1.165) is 6.42 Å². The van der Waals surface area contributed by atoms with Crippen LogP contribution in [0.4, 0.5) is 0 Å². The Labute approximate surface area is 82.5 Å². The largest absolute Gasteiger partial charge is 0.478 e. The molecule has 0 aliphatic heterocycles. The summed E-state index contributed by atoms with van der Waals surface area (Å²) in [7, 11) is 0. The van der Waals surface area contributed by atoms with Crippen molar-refractivity contribution in [2.24, 2.45) is 0 Å². The zero-order valence-corrected chi connectivity index (χ0v) is 7.99. The van der Waals surface area contributed by atoms with E-state index in [1.165, 1.54) is 6.07 Å². The van der Waals surface area contributed by atoms with Crippen molar-refractivity contribution in [2.75, 3.05) is 6.54 Å². The summed E-state index contributed by atoms with van der Waals surface area (Å²) in [6, 6.07) is 6.52. The Morgan fingerprint density at radius 1 is 1.50 bits per heavy atom. The minimum absolute atomic E-state index is 0.163. The van der Waals surface area contributed by atoms with Crippen LogP contribution in [0.5, 0.6) is 5.75 Å². The Kier molecular flexibility index (Phi) is 3.94. The highest BCUT2D eigenvalue weighted by molar-refractivity contribution is 5.90. The molecule has 0 heterocycles. The van der Waals surface area contributed by atoms with Gasteiger partial charge in [0, 0.05) is 6.54 Å². The Balaban J connectivity index is 2.69. The van der Waals surface area contributed by atoms with Crippen LogP contribution >= 0.6 is 0 Å². The first-order valence-electron chi connectivity index (χ1n) is 4.47. The third-order valence-electron chi connectivity index (χ3n) is 1.65. The number of carbonyl (C=O) groups is 1. The van der Waals surface area contributed by atoms with Crippen molar-refractivity contribution in [3.05, 3.63) is 29.8 Å². The van der Waals surface area contributed by atoms with Crippen molar-refractivity contribution in [1.82, 2.24) is 5.48 Å². The summed E-state index contributed by atoms with van der Waals surface area (Å²) in [5.74, 6) is -0.646. The van der Waals surface area contributed by atoms with Gasteiger partial charge in [0.1, 0.15) is 5.56 Å². The number of benzene rings is 1. The van der Waals surface area contributed by atoms with Gasteiger partial charge in [0.25, 0.3) is 0 Å². The number of hydrogen-bond acceptors (Lipinski definition) is 3. The second-order valence-electron chi connectivity index (χ2n) is 2.80. The molecule has 0 amide bonds. The van der Waals surface area contributed by atoms with E-state index >= 15 is 0 Å². The van der Waals surface area contributed by atoms with Crippen LogP contribution in [0.2, 0.25) is 0 Å². The second-order valence-corrected chi connectivity index (χ2v) is 2.80. The topological polar surface area (TPSA) is 58.6 Å². The van der Waals surface area contributed by atoms with Crippen LogP contribution in [0.15, 0.2) is 24.3 Å². The third-order valence-corrected chi connectivity index (χ3v) is 1.65. The van der Waals surface area contributed by atoms with Gasteiger partial charge in [-0.15, -0.1) is 0 Å². The maximum Gasteiger partial charge on any atom is 0.339 e. The van der Waals surface area contributed by atoms with E-state index in [4.69, 9.17) is 9.94 Å². The Morgan fingerprint density at radius 3 is 2.86 bits per heavy atom. The van der Waals surface area contributed by atoms with Crippen molar-refractivity contribution < 1.29 is 14.7 Å². The first-order chi connectivity index (χ1) is 6.75. The van der Waals surface area contributed by atoms with Crippen LogP contribution in [0.25, 0.3) is 0 Å². The molecule has 1 aromatic rings. The molecule has 0 atom stereocenters. The highest BCUT2D eigenvalue weighted by Crippen LogP contribution is 2.16. The van der Waals surface area contributed by atoms with E-state index in [2.05, 4.69) is 5.48 Å². The van der Waals surface area contributed by atoms with Gasteiger partial charge in [0.05, 0.1) is 0 Å². The maximum absolute atomic E-state index is 10.7. The van der Waals surface area contributed by atoms with Crippen molar-refractivity contribution >= 4 is 5.97 Å². The van der Waals surface area contributed by atoms with Gasteiger partial charge in [-0.2, -0.15) is 5.48 Å². The average molecular weight is 195 g/mol. The first kappa shape index (κ1) is 10.5. The minimum atomic E-state index is -0.987. The summed E-state index contributed by atoms with van der Waals surface area (Å²) in [6.07, 6.45) is 0.926. The number of carboxylic acid groups (broad SMARTS) is 1. The monoisotopic (exact) mass is 195 g/mol. The molecule has 0 unspecified atom stereocenters. The molecule has 0 radical (unpaired) electrons. The fourth-order valence-corrected chi connectivity index (χ4v) is 0.963. The van der Waals surface area contributed by atoms with Crippen LogP contribution in [-0.4, -0.2) is 17.6 Å². The van der Waals surface area contributed by atoms with Gasteiger partial charge < -0.3 is 9.94 Å². The summed E-state index contributed by atoms with van der Waals surface area (Å²) in [5, 5.41) is 8.81. The molecule has 0 saturated heterocycles. The van der Waals surface area contributed by atoms with E-state index in [0.29, 0.717) is 12.3 Å². The van der Waals surface area contributed by atoms with Crippen molar-refractivity contribution in [3.8, 4) is 5.75 Å². The summed E-state index contributed by atoms with van der Waals surface area (Å²) in [4.78, 5) is 15.9. The average Bonchev–Trinajstić information content (AvgIpc) is 2.19. The molecule has 1 rings (SSSR count). The lowest BCUT2D eigenvalue weighted by atomic mass is 10.2. The van der Waals surface area contributed by atoms with E-state index in [9.17, 15) is 4.79 Å². The number of para-hydroxylation sites is 1. The standard InChI is InChI=1S/C10H13NO3/c1-2-7-11-14-9-6-4-3-5-8(9)10(12)13/h3-6,11H,2,7H2,1H3,(H,12,13). The Hall–Kier alpha value is -1.55. The predicted molar refractivity (Wildman–Crippen MR) is 52.3 cm³/mol. The zero-order valence-electron chi connectivity index (χ0n) is 7.99. The second kappa shape index (κ2) is 5.24. The maximum atomic E-state index is 10.7. The van der Waals surface area contributed by atoms with Crippen molar-refractivity contribution in [3.63, 3.8) is 0 Å². The zero-order chi connectivity index (χ0) is 10.4. The van der Waals surface area contributed by atoms with Crippen molar-refractivity contribution in [1.29, 1.82) is 0 Å². The molecular weight excluding hydrogens is 182 g/mol. The van der Waals surface area contributed by atoms with Crippen LogP contribution in [0, 0.1) is 0 Å². The van der Waals surface area contributed by atoms with E-state index in [-0.39, 0.29) is 5.56 Å². The molecule has 2 N–H and O–H groups in total. The Morgan fingerprint density at radius 2 is 2.21 bits per heavy atom. The van der Waals surface area contributed by atoms with Gasteiger partial charge in [-0.1, -0.05) is 19.1 Å². The SMILES string of the molecule is CCCNOc1ccccc1C(=O)O. The summed E-state index contributed by atoms with van der Waals surface area (Å²) < 4.78 is 0. The highest BCUT2D eigenvalue weighted by Gasteiger charge is 2.09. The van der Waals surface area contributed by atoms with E-state index in [1.54, 1.807) is 18.2 Å². The van der Waals surface area contributed by atoms with Gasteiger partial charge in [-0.3, -0.25) is 0 Å². The molecule has 1 aromatic carbocycles. The lowest BCUT2D eigenvalue weighted by Gasteiger charge is -2.07. The molecule has 0 spiro atoms. The Bertz CT molecular complexity index is 312. The van der Waals surface area contributed by atoms with Gasteiger partial charge in [0.15, 0.2) is 5.75 Å². The number of carboxylic acids is 1. The van der Waals surface area contributed by atoms with Crippen molar-refractivity contribution in [2.45, 2.75) is 13.3 Å². The fourth-order valence-electron chi connectivity index (χ4n) is 0.963.